The summed E-state index contributed by atoms with van der Waals surface area (Å²) in [4.78, 5) is 121. The van der Waals surface area contributed by atoms with Crippen LogP contribution in [0, 0.1) is 17.8 Å². The Morgan fingerprint density at radius 2 is 0.712 bits per heavy atom. The fourth-order valence-electron chi connectivity index (χ4n) is 19.9. The molecular weight excluding hydrogens is 1490 g/mol. The van der Waals surface area contributed by atoms with Crippen molar-refractivity contribution in [1.82, 2.24) is 40.9 Å². The van der Waals surface area contributed by atoms with Crippen molar-refractivity contribution < 1.29 is 66.8 Å². The van der Waals surface area contributed by atoms with E-state index in [-0.39, 0.29) is 65.5 Å². The number of nitrogens with zero attached hydrogens (tertiary/aromatic N) is 6. The molecule has 4 aliphatic carbocycles. The fourth-order valence-corrected chi connectivity index (χ4v) is 19.9. The van der Waals surface area contributed by atoms with Crippen molar-refractivity contribution >= 4 is 81.7 Å². The normalized spacial score (nSPS) is 22.8. The molecule has 4 unspecified atom stereocenters. The van der Waals surface area contributed by atoms with E-state index in [4.69, 9.17) is 38.4 Å². The number of hydrogen-bond donors (Lipinski definition) is 4. The van der Waals surface area contributed by atoms with E-state index in [1.165, 1.54) is 84.2 Å². The molecule has 4 aromatic rings. The zero-order valence-electron chi connectivity index (χ0n) is 70.1. The largest absolute Gasteiger partial charge is 0.453 e. The summed E-state index contributed by atoms with van der Waals surface area (Å²) in [5, 5.41) is 11.0. The van der Waals surface area contributed by atoms with Crippen LogP contribution in [0.15, 0.2) is 153 Å². The second-order valence-electron chi connectivity index (χ2n) is 33.8. The smallest absolute Gasteiger partial charge is 0.407 e. The maximum Gasteiger partial charge on any atom is 0.407 e. The van der Waals surface area contributed by atoms with Crippen molar-refractivity contribution in [3.05, 3.63) is 165 Å². The van der Waals surface area contributed by atoms with Gasteiger partial charge in [0.2, 0.25) is 23.6 Å². The Hall–Kier alpha value is -10.5. The Labute approximate surface area is 693 Å². The first-order valence-electron chi connectivity index (χ1n) is 42.7. The van der Waals surface area contributed by atoms with Crippen LogP contribution in [-0.2, 0) is 47.6 Å². The molecule has 7 aliphatic heterocycles. The first-order chi connectivity index (χ1) is 57.2. The van der Waals surface area contributed by atoms with E-state index in [1.807, 2.05) is 59.7 Å². The SMILES string of the molecule is COC(=O)NC(C(=O)N1CCCC1C1=C2CCCC2=C(c2ccc(-c3ccc(C4=CN=C(C5CCCN5C(=O)[C@@H](NC(=O)OC)C(C)C)C4)cc3)cc2)C1)C1CCOC1.COC(=O)N[C@H](C(=O)N1CCC[C@H]1C1=NC=C(c2ccc(-c3ccc(C4=C5CCCCC5=C([C@@H]5CCCN5C(=O)[C@@H](NC(=O)OC)[C@@H](C)OC)C4)cc3)cc2)C1)C(C)C. The maximum absolute atomic E-state index is 14.2. The number of alkyl carbamates (subject to hydrolysis) is 4. The van der Waals surface area contributed by atoms with Gasteiger partial charge in [0, 0.05) is 82.5 Å². The van der Waals surface area contributed by atoms with E-state index in [2.05, 4.69) is 118 Å². The Bertz CT molecular complexity index is 4720. The molecule has 0 bridgehead atoms. The average molecular weight is 1610 g/mol. The summed E-state index contributed by atoms with van der Waals surface area (Å²) in [6, 6.07) is 32.2. The molecule has 24 nitrogen and oxygen atoms in total. The molecule has 4 aromatic carbocycles. The van der Waals surface area contributed by atoms with Crippen LogP contribution >= 0.6 is 0 Å². The number of fused-ring (bicyclic) bond motifs is 2. The number of hydrogen-bond acceptors (Lipinski definition) is 16. The minimum Gasteiger partial charge on any atom is -0.453 e. The first-order valence-corrected chi connectivity index (χ1v) is 42.7. The van der Waals surface area contributed by atoms with Crippen molar-refractivity contribution in [2.75, 3.05) is 74.9 Å². The maximum atomic E-state index is 14.2. The molecule has 0 spiro atoms. The molecule has 0 aromatic heterocycles. The van der Waals surface area contributed by atoms with Gasteiger partial charge in [0.05, 0.1) is 65.3 Å². The highest BCUT2D eigenvalue weighted by Crippen LogP contribution is 2.52. The van der Waals surface area contributed by atoms with Crippen molar-refractivity contribution in [3.63, 3.8) is 0 Å². The Balaban J connectivity index is 0.000000194. The van der Waals surface area contributed by atoms with Crippen LogP contribution in [0.2, 0.25) is 0 Å². The van der Waals surface area contributed by atoms with E-state index in [0.29, 0.717) is 52.2 Å². The van der Waals surface area contributed by atoms with Gasteiger partial charge in [-0.3, -0.25) is 29.2 Å². The fraction of sp³-hybridized carbons (Fsp3) is 0.511. The molecule has 4 N–H and O–H groups in total. The number of ether oxygens (including phenoxy) is 6. The molecule has 7 fully saturated rings. The van der Waals surface area contributed by atoms with Gasteiger partial charge in [-0.1, -0.05) is 125 Å². The van der Waals surface area contributed by atoms with Crippen LogP contribution in [0.1, 0.15) is 185 Å². The minimum atomic E-state index is -0.831. The lowest BCUT2D eigenvalue weighted by Crippen LogP contribution is -2.55. The van der Waals surface area contributed by atoms with Gasteiger partial charge in [0.15, 0.2) is 0 Å². The summed E-state index contributed by atoms with van der Waals surface area (Å²) in [5.41, 5.74) is 24.8. The van der Waals surface area contributed by atoms with Gasteiger partial charge in [0.25, 0.3) is 0 Å². The average Bonchev–Trinajstić information content (AvgIpc) is 1.60. The highest BCUT2D eigenvalue weighted by molar-refractivity contribution is 6.05. The Morgan fingerprint density at radius 1 is 0.373 bits per heavy atom. The second kappa shape index (κ2) is 37.6. The number of benzene rings is 4. The number of carbonyl (C=O) groups excluding carboxylic acids is 8. The third kappa shape index (κ3) is 17.9. The predicted molar refractivity (Wildman–Crippen MR) is 455 cm³/mol. The van der Waals surface area contributed by atoms with Crippen LogP contribution in [0.4, 0.5) is 19.2 Å². The highest BCUT2D eigenvalue weighted by Gasteiger charge is 2.47. The zero-order chi connectivity index (χ0) is 83.0. The number of aliphatic imine (C=N–C) groups is 2. The molecular formula is C94H116N10O14. The third-order valence-corrected chi connectivity index (χ3v) is 26.3. The van der Waals surface area contributed by atoms with Crippen LogP contribution < -0.4 is 21.3 Å². The Morgan fingerprint density at radius 3 is 1.10 bits per heavy atom. The summed E-state index contributed by atoms with van der Waals surface area (Å²) in [6.45, 7) is 13.2. The van der Waals surface area contributed by atoms with Gasteiger partial charge in [0.1, 0.15) is 24.2 Å². The monoisotopic (exact) mass is 1610 g/mol. The van der Waals surface area contributed by atoms with Crippen molar-refractivity contribution in [1.29, 1.82) is 0 Å². The molecule has 7 heterocycles. The quantitative estimate of drug-likeness (QED) is 0.0503. The number of likely N-dealkylation sites (tertiary alicyclic amines) is 4. The van der Waals surface area contributed by atoms with E-state index < -0.39 is 54.6 Å². The number of methoxy groups -OCH3 is 5. The number of carbonyl (C=O) groups is 8. The lowest BCUT2D eigenvalue weighted by molar-refractivity contribution is -0.137. The van der Waals surface area contributed by atoms with Crippen molar-refractivity contribution in [2.45, 2.75) is 217 Å². The summed E-state index contributed by atoms with van der Waals surface area (Å²) in [6.07, 6.45) is 19.5. The predicted octanol–water partition coefficient (Wildman–Crippen LogP) is 15.0. The summed E-state index contributed by atoms with van der Waals surface area (Å²) in [5.74, 6) is -0.562. The molecule has 10 atom stereocenters. The van der Waals surface area contributed by atoms with E-state index in [0.717, 1.165) is 172 Å². The molecule has 118 heavy (non-hydrogen) atoms. The van der Waals surface area contributed by atoms with Crippen LogP contribution in [-0.4, -0.2) is 208 Å². The molecule has 11 aliphatic rings. The molecule has 2 saturated carbocycles. The van der Waals surface area contributed by atoms with Gasteiger partial charge in [-0.25, -0.2) is 19.2 Å². The lowest BCUT2D eigenvalue weighted by atomic mass is 9.86. The van der Waals surface area contributed by atoms with Gasteiger partial charge in [-0.2, -0.15) is 0 Å². The van der Waals surface area contributed by atoms with E-state index >= 15 is 0 Å². The minimum absolute atomic E-state index is 0.00416. The van der Waals surface area contributed by atoms with Crippen molar-refractivity contribution in [2.24, 2.45) is 27.7 Å². The van der Waals surface area contributed by atoms with Crippen LogP contribution in [0.3, 0.4) is 0 Å². The lowest BCUT2D eigenvalue weighted by Gasteiger charge is -2.33. The molecule has 626 valence electrons. The van der Waals surface area contributed by atoms with Gasteiger partial charge < -0.3 is 69.3 Å². The molecule has 24 heteroatoms. The van der Waals surface area contributed by atoms with Crippen LogP contribution in [0.25, 0.3) is 44.5 Å². The number of nitrogens with one attached hydrogen (secondary N) is 4. The standard InChI is InChI=1S/C47H57N5O7.C47H59N5O7/c1-28(2)42(49-46(55)57-3)44(53)52-22-7-11-41(52)39-24-34(26-48-39)31-14-12-29(13-15-31)30-16-18-32(19-17-30)37-25-38(36-9-5-8-35(36)37)40-10-6-21-51(40)45(54)43(50-47(56)58-4)33-20-23-59-27-33;1-28(2)42(49-46(55)58-5)44(53)52-24-10-14-41(52)39-25-34(27-48-39)32-17-15-30(16-18-32)31-19-21-33(22-20-31)37-26-38(36-12-8-7-11-35(36)37)40-13-9-23-51(40)45(54)43(29(3)57-4)50-47(56)59-6/h12-19,26,28,33,40-43H,5-11,20-25,27H2,1-4H3,(H,49,55)(H,50,56);15-22,27-29,40-43H,7-14,23-26H2,1-6H3,(H,49,55)(H,50,56)/t33?,40?,41?,42-,43?;29-,40+,41+,42+,43+/m01/s1. The number of amides is 8. The number of allylic oxidation sites excluding steroid dienone is 8. The topological polar surface area (TPSA) is 278 Å². The van der Waals surface area contributed by atoms with E-state index in [9.17, 15) is 38.4 Å². The summed E-state index contributed by atoms with van der Waals surface area (Å²) < 4.78 is 30.5. The molecule has 15 rings (SSSR count). The second-order valence-corrected chi connectivity index (χ2v) is 33.8. The first kappa shape index (κ1) is 84.0. The summed E-state index contributed by atoms with van der Waals surface area (Å²) >= 11 is 0. The molecule has 8 amide bonds. The Kier molecular flexibility index (Phi) is 26.8. The molecule has 5 saturated heterocycles. The highest BCUT2D eigenvalue weighted by atomic mass is 16.6. The zero-order valence-corrected chi connectivity index (χ0v) is 70.1. The third-order valence-electron chi connectivity index (χ3n) is 26.3. The van der Waals surface area contributed by atoms with Gasteiger partial charge >= 0.3 is 24.4 Å². The van der Waals surface area contributed by atoms with Gasteiger partial charge in [-0.15, -0.1) is 0 Å². The summed E-state index contributed by atoms with van der Waals surface area (Å²) in [7, 11) is 6.79. The van der Waals surface area contributed by atoms with Crippen LogP contribution in [0.5, 0.6) is 0 Å². The number of rotatable bonds is 23. The van der Waals surface area contributed by atoms with Crippen molar-refractivity contribution in [3.8, 4) is 22.3 Å². The van der Waals surface area contributed by atoms with Gasteiger partial charge in [-0.05, 0) is 235 Å². The molecule has 0 radical (unpaired) electrons. The van der Waals surface area contributed by atoms with E-state index in [1.54, 1.807) is 14.0 Å².